The lowest BCUT2D eigenvalue weighted by Crippen LogP contribution is -2.38. The maximum atomic E-state index is 12.1. The van der Waals surface area contributed by atoms with E-state index in [-0.39, 0.29) is 24.4 Å². The van der Waals surface area contributed by atoms with Crippen LogP contribution in [-0.2, 0) is 11.2 Å². The second-order valence-electron chi connectivity index (χ2n) is 6.17. The Hall–Kier alpha value is -2.34. The molecule has 124 valence electrons. The molecule has 0 unspecified atom stereocenters. The lowest BCUT2D eigenvalue weighted by Gasteiger charge is -2.17. The van der Waals surface area contributed by atoms with E-state index < -0.39 is 5.60 Å². The molecule has 0 aliphatic carbocycles. The first kappa shape index (κ1) is 17.0. The molecule has 23 heavy (non-hydrogen) atoms. The van der Waals surface area contributed by atoms with E-state index in [9.17, 15) is 14.7 Å². The summed E-state index contributed by atoms with van der Waals surface area (Å²) in [5.41, 5.74) is 0.125. The fourth-order valence-electron chi connectivity index (χ4n) is 2.19. The number of H-pyrrole nitrogens is 1. The van der Waals surface area contributed by atoms with Crippen molar-refractivity contribution in [2.75, 3.05) is 13.7 Å². The number of ether oxygens (including phenoxy) is 1. The number of hydrogen-bond acceptors (Lipinski definition) is 4. The highest BCUT2D eigenvalue weighted by Crippen LogP contribution is 2.19. The first-order chi connectivity index (χ1) is 10.8. The van der Waals surface area contributed by atoms with Gasteiger partial charge in [-0.1, -0.05) is 0 Å². The maximum absolute atomic E-state index is 12.1. The third kappa shape index (κ3) is 4.82. The molecule has 0 spiro atoms. The molecule has 0 bridgehead atoms. The van der Waals surface area contributed by atoms with Crippen LogP contribution >= 0.6 is 0 Å². The molecule has 6 nitrogen and oxygen atoms in total. The molecule has 2 aromatic rings. The number of carbonyl (C=O) groups excluding carboxylic acids is 1. The van der Waals surface area contributed by atoms with Gasteiger partial charge in [0.15, 0.2) is 0 Å². The number of benzene rings is 1. The predicted molar refractivity (Wildman–Crippen MR) is 88.7 cm³/mol. The van der Waals surface area contributed by atoms with Gasteiger partial charge in [-0.3, -0.25) is 9.59 Å². The normalized spacial score (nSPS) is 11.5. The molecular weight excluding hydrogens is 296 g/mol. The average molecular weight is 318 g/mol. The highest BCUT2D eigenvalue weighted by atomic mass is 16.5. The summed E-state index contributed by atoms with van der Waals surface area (Å²) in [4.78, 5) is 26.6. The summed E-state index contributed by atoms with van der Waals surface area (Å²) >= 11 is 0. The zero-order valence-corrected chi connectivity index (χ0v) is 13.6. The number of fused-ring (bicyclic) bond motifs is 1. The van der Waals surface area contributed by atoms with Gasteiger partial charge in [0.25, 0.3) is 5.56 Å². The molecule has 1 heterocycles. The molecule has 6 heteroatoms. The van der Waals surface area contributed by atoms with E-state index in [1.54, 1.807) is 39.2 Å². The van der Waals surface area contributed by atoms with Gasteiger partial charge in [0, 0.05) is 29.4 Å². The van der Waals surface area contributed by atoms with Crippen molar-refractivity contribution < 1.29 is 14.6 Å². The standard InChI is InChI=1S/C17H22N2O4/c1-17(2,22)10-18-15(20)7-4-11-8-12-9-13(23-3)5-6-14(12)19-16(11)21/h5-6,8-9,22H,4,7,10H2,1-3H3,(H,18,20)(H,19,21). The highest BCUT2D eigenvalue weighted by molar-refractivity contribution is 5.81. The minimum atomic E-state index is -0.952. The zero-order chi connectivity index (χ0) is 17.0. The maximum Gasteiger partial charge on any atom is 0.251 e. The van der Waals surface area contributed by atoms with Crippen molar-refractivity contribution >= 4 is 16.8 Å². The van der Waals surface area contributed by atoms with Crippen molar-refractivity contribution in [3.05, 3.63) is 40.2 Å². The monoisotopic (exact) mass is 318 g/mol. The van der Waals surface area contributed by atoms with Gasteiger partial charge in [-0.15, -0.1) is 0 Å². The summed E-state index contributed by atoms with van der Waals surface area (Å²) in [5.74, 6) is 0.510. The van der Waals surface area contributed by atoms with Crippen LogP contribution in [0, 0.1) is 0 Å². The van der Waals surface area contributed by atoms with Crippen molar-refractivity contribution in [2.24, 2.45) is 0 Å². The molecule has 1 aromatic heterocycles. The van der Waals surface area contributed by atoms with Crippen LogP contribution in [0.1, 0.15) is 25.8 Å². The van der Waals surface area contributed by atoms with E-state index in [4.69, 9.17) is 4.74 Å². The lowest BCUT2D eigenvalue weighted by atomic mass is 10.1. The molecule has 0 atom stereocenters. The lowest BCUT2D eigenvalue weighted by molar-refractivity contribution is -0.122. The second kappa shape index (κ2) is 6.83. The fourth-order valence-corrected chi connectivity index (χ4v) is 2.19. The first-order valence-corrected chi connectivity index (χ1v) is 7.47. The van der Waals surface area contributed by atoms with E-state index in [1.807, 2.05) is 6.07 Å². The average Bonchev–Trinajstić information content (AvgIpc) is 2.49. The fraction of sp³-hybridized carbons (Fsp3) is 0.412. The Morgan fingerprint density at radius 3 is 2.74 bits per heavy atom. The van der Waals surface area contributed by atoms with Crippen molar-refractivity contribution in [3.63, 3.8) is 0 Å². The van der Waals surface area contributed by atoms with Gasteiger partial charge in [0.2, 0.25) is 5.91 Å². The Morgan fingerprint density at radius 2 is 2.09 bits per heavy atom. The summed E-state index contributed by atoms with van der Waals surface area (Å²) in [6, 6.07) is 7.18. The molecule has 1 amide bonds. The quantitative estimate of drug-likeness (QED) is 0.750. The molecule has 2 rings (SSSR count). The molecule has 0 aliphatic heterocycles. The number of rotatable bonds is 6. The Labute approximate surface area is 134 Å². The van der Waals surface area contributed by atoms with Crippen LogP contribution in [-0.4, -0.2) is 35.3 Å². The Balaban J connectivity index is 2.09. The SMILES string of the molecule is COc1ccc2[nH]c(=O)c(CCC(=O)NCC(C)(C)O)cc2c1. The summed E-state index contributed by atoms with van der Waals surface area (Å²) in [5, 5.41) is 13.1. The van der Waals surface area contributed by atoms with Crippen LogP contribution in [0.3, 0.4) is 0 Å². The van der Waals surface area contributed by atoms with Gasteiger partial charge >= 0.3 is 0 Å². The number of amides is 1. The van der Waals surface area contributed by atoms with Crippen molar-refractivity contribution in [2.45, 2.75) is 32.3 Å². The van der Waals surface area contributed by atoms with E-state index >= 15 is 0 Å². The summed E-state index contributed by atoms with van der Waals surface area (Å²) < 4.78 is 5.17. The second-order valence-corrected chi connectivity index (χ2v) is 6.17. The molecule has 1 aromatic carbocycles. The van der Waals surface area contributed by atoms with Crippen LogP contribution in [0.5, 0.6) is 5.75 Å². The summed E-state index contributed by atoms with van der Waals surface area (Å²) in [7, 11) is 1.58. The van der Waals surface area contributed by atoms with Crippen LogP contribution in [0.4, 0.5) is 0 Å². The van der Waals surface area contributed by atoms with Crippen LogP contribution in [0.15, 0.2) is 29.1 Å². The highest BCUT2D eigenvalue weighted by Gasteiger charge is 2.14. The third-order valence-corrected chi connectivity index (χ3v) is 3.47. The molecule has 0 radical (unpaired) electrons. The van der Waals surface area contributed by atoms with E-state index in [0.717, 1.165) is 10.9 Å². The number of pyridine rings is 1. The molecule has 0 saturated heterocycles. The minimum absolute atomic E-state index is 0.178. The summed E-state index contributed by atoms with van der Waals surface area (Å²) in [6.07, 6.45) is 0.523. The van der Waals surface area contributed by atoms with Crippen LogP contribution in [0.25, 0.3) is 10.9 Å². The van der Waals surface area contributed by atoms with Crippen molar-refractivity contribution in [1.82, 2.24) is 10.3 Å². The number of aromatic nitrogens is 1. The molecular formula is C17H22N2O4. The molecule has 0 aliphatic rings. The molecule has 0 fully saturated rings. The summed E-state index contributed by atoms with van der Waals surface area (Å²) in [6.45, 7) is 3.42. The van der Waals surface area contributed by atoms with Gasteiger partial charge in [0.1, 0.15) is 5.75 Å². The largest absolute Gasteiger partial charge is 0.497 e. The number of aliphatic hydroxyl groups is 1. The topological polar surface area (TPSA) is 91.4 Å². The van der Waals surface area contributed by atoms with Crippen molar-refractivity contribution in [3.8, 4) is 5.75 Å². The van der Waals surface area contributed by atoms with Gasteiger partial charge in [-0.2, -0.15) is 0 Å². The minimum Gasteiger partial charge on any atom is -0.497 e. The van der Waals surface area contributed by atoms with Gasteiger partial charge in [0.05, 0.1) is 12.7 Å². The Kier molecular flexibility index (Phi) is 5.05. The van der Waals surface area contributed by atoms with Crippen LogP contribution < -0.4 is 15.6 Å². The van der Waals surface area contributed by atoms with E-state index in [1.165, 1.54) is 0 Å². The number of methoxy groups -OCH3 is 1. The number of aromatic amines is 1. The zero-order valence-electron chi connectivity index (χ0n) is 13.6. The van der Waals surface area contributed by atoms with Crippen molar-refractivity contribution in [1.29, 1.82) is 0 Å². The van der Waals surface area contributed by atoms with E-state index in [2.05, 4.69) is 10.3 Å². The smallest absolute Gasteiger partial charge is 0.251 e. The predicted octanol–water partition coefficient (Wildman–Crippen LogP) is 1.36. The van der Waals surface area contributed by atoms with Gasteiger partial charge in [-0.05, 0) is 44.5 Å². The first-order valence-electron chi connectivity index (χ1n) is 7.47. The van der Waals surface area contributed by atoms with Gasteiger partial charge in [-0.25, -0.2) is 0 Å². The molecule has 0 saturated carbocycles. The van der Waals surface area contributed by atoms with E-state index in [0.29, 0.717) is 17.7 Å². The Bertz CT molecular complexity index is 759. The molecule has 3 N–H and O–H groups in total. The Morgan fingerprint density at radius 1 is 1.35 bits per heavy atom. The number of aryl methyl sites for hydroxylation is 1. The van der Waals surface area contributed by atoms with Gasteiger partial charge < -0.3 is 20.1 Å². The number of carbonyl (C=O) groups is 1. The number of hydrogen-bond donors (Lipinski definition) is 3. The van der Waals surface area contributed by atoms with Crippen LogP contribution in [0.2, 0.25) is 0 Å². The third-order valence-electron chi connectivity index (χ3n) is 3.47. The number of nitrogens with one attached hydrogen (secondary N) is 2.